The molecular formula is C32H32FN5O. The number of amides is 1. The van der Waals surface area contributed by atoms with E-state index in [1.54, 1.807) is 17.1 Å². The maximum atomic E-state index is 15.4. The lowest BCUT2D eigenvalue weighted by molar-refractivity contribution is 0.0665. The van der Waals surface area contributed by atoms with Gasteiger partial charge >= 0.3 is 0 Å². The topological polar surface area (TPSA) is 46.3 Å². The Morgan fingerprint density at radius 2 is 1.64 bits per heavy atom. The SMILES string of the molecule is CN1CCN(C(=O)c2cn(Cc3cncn3C(F)Cc3ccccc3)cc2-c2cccc3ccccc23)CC1. The second kappa shape index (κ2) is 10.9. The van der Waals surface area contributed by atoms with Crippen LogP contribution in [0.25, 0.3) is 21.9 Å². The molecule has 2 aromatic heterocycles. The molecule has 5 aromatic rings. The second-order valence-electron chi connectivity index (χ2n) is 10.3. The molecule has 0 spiro atoms. The molecule has 1 amide bonds. The zero-order chi connectivity index (χ0) is 26.8. The fourth-order valence-electron chi connectivity index (χ4n) is 5.43. The fourth-order valence-corrected chi connectivity index (χ4v) is 5.43. The average Bonchev–Trinajstić information content (AvgIpc) is 3.61. The molecule has 1 aliphatic heterocycles. The van der Waals surface area contributed by atoms with Crippen LogP contribution in [0.4, 0.5) is 4.39 Å². The minimum atomic E-state index is -1.23. The van der Waals surface area contributed by atoms with Crippen molar-refractivity contribution in [1.29, 1.82) is 0 Å². The molecule has 7 heteroatoms. The molecule has 0 saturated carbocycles. The van der Waals surface area contributed by atoms with Gasteiger partial charge in [-0.1, -0.05) is 72.8 Å². The van der Waals surface area contributed by atoms with Crippen LogP contribution in [0.1, 0.15) is 27.9 Å². The second-order valence-corrected chi connectivity index (χ2v) is 10.3. The molecule has 3 aromatic carbocycles. The fraction of sp³-hybridized carbons (Fsp3) is 0.250. The summed E-state index contributed by atoms with van der Waals surface area (Å²) in [4.78, 5) is 22.3. The van der Waals surface area contributed by atoms with E-state index in [-0.39, 0.29) is 12.3 Å². The maximum Gasteiger partial charge on any atom is 0.256 e. The first-order valence-corrected chi connectivity index (χ1v) is 13.4. The number of likely N-dealkylation sites (N-methyl/N-ethyl adjacent to an activating group) is 1. The number of fused-ring (bicyclic) bond motifs is 1. The Hall–Kier alpha value is -4.23. The first kappa shape index (κ1) is 25.1. The lowest BCUT2D eigenvalue weighted by Crippen LogP contribution is -2.47. The number of benzene rings is 3. The largest absolute Gasteiger partial charge is 0.347 e. The molecule has 6 nitrogen and oxygen atoms in total. The van der Waals surface area contributed by atoms with Crippen molar-refractivity contribution < 1.29 is 9.18 Å². The van der Waals surface area contributed by atoms with Gasteiger partial charge in [-0.15, -0.1) is 0 Å². The van der Waals surface area contributed by atoms with Crippen LogP contribution in [0.5, 0.6) is 0 Å². The number of halogens is 1. The lowest BCUT2D eigenvalue weighted by Gasteiger charge is -2.32. The third-order valence-corrected chi connectivity index (χ3v) is 7.62. The minimum Gasteiger partial charge on any atom is -0.347 e. The normalized spacial score (nSPS) is 15.1. The predicted octanol–water partition coefficient (Wildman–Crippen LogP) is 5.65. The molecule has 0 aliphatic carbocycles. The van der Waals surface area contributed by atoms with E-state index in [4.69, 9.17) is 0 Å². The Labute approximate surface area is 227 Å². The summed E-state index contributed by atoms with van der Waals surface area (Å²) in [5.74, 6) is 0.0331. The van der Waals surface area contributed by atoms with Gasteiger partial charge in [-0.3, -0.25) is 4.79 Å². The highest BCUT2D eigenvalue weighted by Crippen LogP contribution is 2.33. The first-order chi connectivity index (χ1) is 19.1. The van der Waals surface area contributed by atoms with Gasteiger partial charge in [0.15, 0.2) is 6.30 Å². The summed E-state index contributed by atoms with van der Waals surface area (Å²) >= 11 is 0. The monoisotopic (exact) mass is 521 g/mol. The Kier molecular flexibility index (Phi) is 6.99. The van der Waals surface area contributed by atoms with E-state index in [1.807, 2.05) is 70.4 Å². The van der Waals surface area contributed by atoms with Crippen LogP contribution in [-0.4, -0.2) is 63.1 Å². The number of hydrogen-bond donors (Lipinski definition) is 0. The number of carbonyl (C=O) groups excluding carboxylic acids is 1. The molecule has 1 unspecified atom stereocenters. The van der Waals surface area contributed by atoms with Gasteiger partial charge in [0.25, 0.3) is 5.91 Å². The van der Waals surface area contributed by atoms with Crippen LogP contribution in [0.15, 0.2) is 97.7 Å². The zero-order valence-corrected chi connectivity index (χ0v) is 22.1. The summed E-state index contributed by atoms with van der Waals surface area (Å²) in [6.45, 7) is 3.52. The molecule has 1 saturated heterocycles. The van der Waals surface area contributed by atoms with Crippen LogP contribution >= 0.6 is 0 Å². The van der Waals surface area contributed by atoms with Crippen LogP contribution in [0.2, 0.25) is 0 Å². The highest BCUT2D eigenvalue weighted by molar-refractivity contribution is 6.06. The summed E-state index contributed by atoms with van der Waals surface area (Å²) in [5, 5.41) is 2.22. The van der Waals surface area contributed by atoms with E-state index in [9.17, 15) is 4.79 Å². The van der Waals surface area contributed by atoms with Crippen molar-refractivity contribution in [3.8, 4) is 11.1 Å². The van der Waals surface area contributed by atoms with Crippen LogP contribution in [0, 0.1) is 0 Å². The van der Waals surface area contributed by atoms with E-state index >= 15 is 4.39 Å². The van der Waals surface area contributed by atoms with Gasteiger partial charge in [0.1, 0.15) is 0 Å². The third-order valence-electron chi connectivity index (χ3n) is 7.62. The van der Waals surface area contributed by atoms with Crippen molar-refractivity contribution in [3.63, 3.8) is 0 Å². The van der Waals surface area contributed by atoms with Crippen molar-refractivity contribution >= 4 is 16.7 Å². The summed E-state index contributed by atoms with van der Waals surface area (Å²) in [6.07, 6.45) is 6.23. The van der Waals surface area contributed by atoms with Gasteiger partial charge in [0, 0.05) is 50.6 Å². The smallest absolute Gasteiger partial charge is 0.256 e. The number of hydrogen-bond acceptors (Lipinski definition) is 3. The molecule has 0 radical (unpaired) electrons. The molecule has 1 aliphatic rings. The number of alkyl halides is 1. The molecule has 0 N–H and O–H groups in total. The van der Waals surface area contributed by atoms with Crippen molar-refractivity contribution in [3.05, 3.63) is 115 Å². The Bertz CT molecular complexity index is 1580. The standard InChI is InChI=1S/C32H32FN5O/c1-35-14-16-37(17-15-35)32(39)30-22-36(21-29(30)28-13-7-11-25-10-5-6-12-27(25)28)20-26-19-34-23-38(26)31(33)18-24-8-3-2-4-9-24/h2-13,19,21-23,31H,14-18,20H2,1H3. The predicted molar refractivity (Wildman–Crippen MR) is 152 cm³/mol. The molecule has 1 fully saturated rings. The highest BCUT2D eigenvalue weighted by Gasteiger charge is 2.25. The lowest BCUT2D eigenvalue weighted by atomic mass is 9.97. The van der Waals surface area contributed by atoms with E-state index in [0.29, 0.717) is 25.2 Å². The van der Waals surface area contributed by atoms with Crippen molar-refractivity contribution in [2.75, 3.05) is 33.2 Å². The molecule has 39 heavy (non-hydrogen) atoms. The first-order valence-electron chi connectivity index (χ1n) is 13.4. The Balaban J connectivity index is 1.35. The number of piperazine rings is 1. The third kappa shape index (κ3) is 5.22. The van der Waals surface area contributed by atoms with Gasteiger partial charge in [0.2, 0.25) is 0 Å². The number of aromatic nitrogens is 3. The molecule has 3 heterocycles. The molecule has 1 atom stereocenters. The zero-order valence-electron chi connectivity index (χ0n) is 22.1. The number of carbonyl (C=O) groups is 1. The van der Waals surface area contributed by atoms with Gasteiger partial charge in [-0.25, -0.2) is 9.37 Å². The van der Waals surface area contributed by atoms with Crippen molar-refractivity contribution in [2.24, 2.45) is 0 Å². The van der Waals surface area contributed by atoms with Gasteiger partial charge in [0.05, 0.1) is 30.3 Å². The number of imidazole rings is 1. The number of nitrogens with zero attached hydrogens (tertiary/aromatic N) is 5. The van der Waals surface area contributed by atoms with Crippen LogP contribution in [0.3, 0.4) is 0 Å². The highest BCUT2D eigenvalue weighted by atomic mass is 19.1. The molecule has 6 rings (SSSR count). The van der Waals surface area contributed by atoms with Gasteiger partial charge < -0.3 is 18.9 Å². The van der Waals surface area contributed by atoms with Crippen LogP contribution in [-0.2, 0) is 13.0 Å². The average molecular weight is 522 g/mol. The van der Waals surface area contributed by atoms with Gasteiger partial charge in [-0.05, 0) is 28.9 Å². The van der Waals surface area contributed by atoms with E-state index in [1.165, 1.54) is 0 Å². The molecule has 0 bridgehead atoms. The van der Waals surface area contributed by atoms with E-state index < -0.39 is 6.30 Å². The number of rotatable bonds is 7. The maximum absolute atomic E-state index is 15.4. The Morgan fingerprint density at radius 3 is 2.46 bits per heavy atom. The van der Waals surface area contributed by atoms with E-state index in [2.05, 4.69) is 41.2 Å². The Morgan fingerprint density at radius 1 is 0.897 bits per heavy atom. The summed E-state index contributed by atoms with van der Waals surface area (Å²) in [5.41, 5.74) is 4.26. The van der Waals surface area contributed by atoms with E-state index in [0.717, 1.165) is 46.2 Å². The summed E-state index contributed by atoms with van der Waals surface area (Å²) in [7, 11) is 2.08. The molecule has 198 valence electrons. The van der Waals surface area contributed by atoms with Gasteiger partial charge in [-0.2, -0.15) is 0 Å². The molecular weight excluding hydrogens is 489 g/mol. The summed E-state index contributed by atoms with van der Waals surface area (Å²) < 4.78 is 19.0. The minimum absolute atomic E-state index is 0.0331. The quantitative estimate of drug-likeness (QED) is 0.278. The van der Waals surface area contributed by atoms with Crippen molar-refractivity contribution in [1.82, 2.24) is 23.9 Å². The summed E-state index contributed by atoms with van der Waals surface area (Å²) in [6, 6.07) is 24.1. The van der Waals surface area contributed by atoms with Crippen molar-refractivity contribution in [2.45, 2.75) is 19.3 Å². The van der Waals surface area contributed by atoms with Crippen LogP contribution < -0.4 is 0 Å².